The van der Waals surface area contributed by atoms with Crippen molar-refractivity contribution in [2.45, 2.75) is 26.4 Å². The lowest BCUT2D eigenvalue weighted by atomic mass is 10.0. The third-order valence-corrected chi connectivity index (χ3v) is 2.85. The standard InChI is InChI=1S/C13H15F2N3/c1-3-18-12(6-8(2)17-18)13(16)10-5-4-9(14)7-11(10)15/h4-7,13H,3,16H2,1-2H3. The Kier molecular flexibility index (Phi) is 3.43. The fourth-order valence-electron chi connectivity index (χ4n) is 1.98. The largest absolute Gasteiger partial charge is 0.319 e. The smallest absolute Gasteiger partial charge is 0.131 e. The molecule has 2 aromatic rings. The minimum Gasteiger partial charge on any atom is -0.319 e. The molecule has 1 aromatic heterocycles. The molecule has 0 aliphatic rings. The number of benzene rings is 1. The summed E-state index contributed by atoms with van der Waals surface area (Å²) in [4.78, 5) is 0. The Morgan fingerprint density at radius 3 is 2.67 bits per heavy atom. The number of nitrogens with two attached hydrogens (primary N) is 1. The van der Waals surface area contributed by atoms with Gasteiger partial charge in [-0.05, 0) is 26.0 Å². The van der Waals surface area contributed by atoms with Gasteiger partial charge in [-0.3, -0.25) is 4.68 Å². The van der Waals surface area contributed by atoms with Crippen LogP contribution in [0.3, 0.4) is 0 Å². The van der Waals surface area contributed by atoms with Gasteiger partial charge >= 0.3 is 0 Å². The number of hydrogen-bond acceptors (Lipinski definition) is 2. The Hall–Kier alpha value is -1.75. The fourth-order valence-corrected chi connectivity index (χ4v) is 1.98. The van der Waals surface area contributed by atoms with E-state index in [2.05, 4.69) is 5.10 Å². The van der Waals surface area contributed by atoms with Crippen LogP contribution < -0.4 is 5.73 Å². The van der Waals surface area contributed by atoms with Crippen LogP contribution in [-0.2, 0) is 6.54 Å². The highest BCUT2D eigenvalue weighted by atomic mass is 19.1. The third kappa shape index (κ3) is 2.26. The molecule has 0 spiro atoms. The Labute approximate surface area is 104 Å². The first kappa shape index (κ1) is 12.7. The summed E-state index contributed by atoms with van der Waals surface area (Å²) in [5.41, 5.74) is 7.85. The van der Waals surface area contributed by atoms with Gasteiger partial charge in [-0.25, -0.2) is 8.78 Å². The maximum Gasteiger partial charge on any atom is 0.131 e. The molecule has 1 atom stereocenters. The molecule has 96 valence electrons. The van der Waals surface area contributed by atoms with Crippen molar-refractivity contribution in [2.24, 2.45) is 5.73 Å². The van der Waals surface area contributed by atoms with Crippen LogP contribution in [0.25, 0.3) is 0 Å². The van der Waals surface area contributed by atoms with Gasteiger partial charge in [0.2, 0.25) is 0 Å². The maximum absolute atomic E-state index is 13.7. The molecule has 0 aliphatic heterocycles. The minimum absolute atomic E-state index is 0.269. The highest BCUT2D eigenvalue weighted by molar-refractivity contribution is 5.30. The fraction of sp³-hybridized carbons (Fsp3) is 0.308. The van der Waals surface area contributed by atoms with E-state index in [1.54, 1.807) is 4.68 Å². The van der Waals surface area contributed by atoms with E-state index in [9.17, 15) is 8.78 Å². The average Bonchev–Trinajstić information content (AvgIpc) is 2.69. The number of aromatic nitrogens is 2. The lowest BCUT2D eigenvalue weighted by Crippen LogP contribution is -2.18. The van der Waals surface area contributed by atoms with E-state index in [4.69, 9.17) is 5.73 Å². The second-order valence-corrected chi connectivity index (χ2v) is 4.17. The van der Waals surface area contributed by atoms with Gasteiger partial charge in [0.05, 0.1) is 17.4 Å². The summed E-state index contributed by atoms with van der Waals surface area (Å²) in [6.45, 7) is 4.44. The molecule has 0 amide bonds. The number of nitrogens with zero attached hydrogens (tertiary/aromatic N) is 2. The molecular weight excluding hydrogens is 236 g/mol. The molecular formula is C13H15F2N3. The molecule has 18 heavy (non-hydrogen) atoms. The molecule has 5 heteroatoms. The van der Waals surface area contributed by atoms with E-state index in [1.807, 2.05) is 19.9 Å². The Bertz CT molecular complexity index is 563. The predicted molar refractivity (Wildman–Crippen MR) is 65.0 cm³/mol. The summed E-state index contributed by atoms with van der Waals surface area (Å²) in [5.74, 6) is -1.24. The first-order valence-corrected chi connectivity index (χ1v) is 5.77. The van der Waals surface area contributed by atoms with Crippen molar-refractivity contribution in [3.8, 4) is 0 Å². The van der Waals surface area contributed by atoms with Crippen molar-refractivity contribution in [2.75, 3.05) is 0 Å². The third-order valence-electron chi connectivity index (χ3n) is 2.85. The predicted octanol–water partition coefficient (Wildman–Crippen LogP) is 2.54. The van der Waals surface area contributed by atoms with Gasteiger partial charge < -0.3 is 5.73 Å². The van der Waals surface area contributed by atoms with Crippen LogP contribution in [-0.4, -0.2) is 9.78 Å². The normalized spacial score (nSPS) is 12.7. The molecule has 0 bridgehead atoms. The van der Waals surface area contributed by atoms with Crippen LogP contribution in [0.15, 0.2) is 24.3 Å². The zero-order chi connectivity index (χ0) is 13.3. The molecule has 3 nitrogen and oxygen atoms in total. The summed E-state index contributed by atoms with van der Waals surface area (Å²) in [5, 5.41) is 4.26. The molecule has 0 saturated carbocycles. The maximum atomic E-state index is 13.7. The Morgan fingerprint density at radius 1 is 1.33 bits per heavy atom. The van der Waals surface area contributed by atoms with E-state index in [-0.39, 0.29) is 5.56 Å². The molecule has 0 saturated heterocycles. The zero-order valence-electron chi connectivity index (χ0n) is 10.3. The molecule has 1 aromatic carbocycles. The van der Waals surface area contributed by atoms with E-state index in [0.29, 0.717) is 6.54 Å². The highest BCUT2D eigenvalue weighted by Gasteiger charge is 2.18. The topological polar surface area (TPSA) is 43.8 Å². The first-order valence-electron chi connectivity index (χ1n) is 5.77. The molecule has 2 N–H and O–H groups in total. The molecule has 1 unspecified atom stereocenters. The molecule has 1 heterocycles. The van der Waals surface area contributed by atoms with Gasteiger partial charge in [-0.2, -0.15) is 5.10 Å². The Morgan fingerprint density at radius 2 is 2.06 bits per heavy atom. The zero-order valence-corrected chi connectivity index (χ0v) is 10.3. The van der Waals surface area contributed by atoms with Gasteiger partial charge in [0.1, 0.15) is 11.6 Å². The van der Waals surface area contributed by atoms with Crippen LogP contribution in [0.1, 0.15) is 29.9 Å². The molecule has 0 fully saturated rings. The van der Waals surface area contributed by atoms with Gasteiger partial charge in [-0.15, -0.1) is 0 Å². The van der Waals surface area contributed by atoms with E-state index >= 15 is 0 Å². The molecule has 0 radical (unpaired) electrons. The minimum atomic E-state index is -0.647. The first-order chi connectivity index (χ1) is 8.52. The van der Waals surface area contributed by atoms with Crippen molar-refractivity contribution < 1.29 is 8.78 Å². The van der Waals surface area contributed by atoms with Crippen LogP contribution in [0.4, 0.5) is 8.78 Å². The number of halogens is 2. The second-order valence-electron chi connectivity index (χ2n) is 4.17. The number of aryl methyl sites for hydroxylation is 2. The van der Waals surface area contributed by atoms with E-state index in [0.717, 1.165) is 17.5 Å². The monoisotopic (exact) mass is 251 g/mol. The highest BCUT2D eigenvalue weighted by Crippen LogP contribution is 2.23. The van der Waals surface area contributed by atoms with Gasteiger partial charge in [0, 0.05) is 18.2 Å². The van der Waals surface area contributed by atoms with Gasteiger partial charge in [0.15, 0.2) is 0 Å². The van der Waals surface area contributed by atoms with Crippen molar-refractivity contribution in [1.29, 1.82) is 0 Å². The van der Waals surface area contributed by atoms with Crippen LogP contribution in [0.5, 0.6) is 0 Å². The SMILES string of the molecule is CCn1nc(C)cc1C(N)c1ccc(F)cc1F. The summed E-state index contributed by atoms with van der Waals surface area (Å²) in [7, 11) is 0. The quantitative estimate of drug-likeness (QED) is 0.911. The van der Waals surface area contributed by atoms with Crippen molar-refractivity contribution >= 4 is 0 Å². The van der Waals surface area contributed by atoms with E-state index < -0.39 is 17.7 Å². The van der Waals surface area contributed by atoms with Crippen molar-refractivity contribution in [1.82, 2.24) is 9.78 Å². The number of rotatable bonds is 3. The molecule has 2 rings (SSSR count). The van der Waals surface area contributed by atoms with Gasteiger partial charge in [0.25, 0.3) is 0 Å². The van der Waals surface area contributed by atoms with Crippen LogP contribution >= 0.6 is 0 Å². The van der Waals surface area contributed by atoms with Crippen LogP contribution in [0.2, 0.25) is 0 Å². The summed E-state index contributed by atoms with van der Waals surface area (Å²) < 4.78 is 28.3. The van der Waals surface area contributed by atoms with Crippen molar-refractivity contribution in [3.63, 3.8) is 0 Å². The summed E-state index contributed by atoms with van der Waals surface area (Å²) in [6, 6.07) is 4.59. The lowest BCUT2D eigenvalue weighted by molar-refractivity contribution is 0.550. The summed E-state index contributed by atoms with van der Waals surface area (Å²) >= 11 is 0. The lowest BCUT2D eigenvalue weighted by Gasteiger charge is -2.14. The second kappa shape index (κ2) is 4.86. The molecule has 0 aliphatic carbocycles. The Balaban J connectivity index is 2.43. The van der Waals surface area contributed by atoms with Crippen molar-refractivity contribution in [3.05, 3.63) is 52.9 Å². The number of hydrogen-bond donors (Lipinski definition) is 1. The van der Waals surface area contributed by atoms with Crippen LogP contribution in [0, 0.1) is 18.6 Å². The average molecular weight is 251 g/mol. The van der Waals surface area contributed by atoms with E-state index in [1.165, 1.54) is 12.1 Å². The van der Waals surface area contributed by atoms with Gasteiger partial charge in [-0.1, -0.05) is 6.07 Å². The summed E-state index contributed by atoms with van der Waals surface area (Å²) in [6.07, 6.45) is 0.